The third-order valence-electron chi connectivity index (χ3n) is 5.44. The zero-order valence-corrected chi connectivity index (χ0v) is 20.5. The lowest BCUT2D eigenvalue weighted by Gasteiger charge is -2.45. The second kappa shape index (κ2) is 11.2. The number of aryl methyl sites for hydroxylation is 1. The lowest BCUT2D eigenvalue weighted by molar-refractivity contribution is -0.299. The van der Waals surface area contributed by atoms with Crippen LogP contribution in [0.3, 0.4) is 0 Å². The molecule has 0 aliphatic carbocycles. The Bertz CT molecular complexity index is 922. The van der Waals surface area contributed by atoms with Crippen LogP contribution in [0.1, 0.15) is 37.3 Å². The summed E-state index contributed by atoms with van der Waals surface area (Å²) in [5.74, 6) is -1.80. The molecule has 1 aromatic rings. The van der Waals surface area contributed by atoms with Crippen LogP contribution >= 0.6 is 11.8 Å². The summed E-state index contributed by atoms with van der Waals surface area (Å²) in [5.41, 5.74) is 2.04. The Morgan fingerprint density at radius 2 is 1.53 bits per heavy atom. The van der Waals surface area contributed by atoms with Crippen LogP contribution in [-0.2, 0) is 42.9 Å². The maximum absolute atomic E-state index is 12.8. The molecule has 2 aliphatic rings. The van der Waals surface area contributed by atoms with Gasteiger partial charge in [0.15, 0.2) is 24.6 Å². The van der Waals surface area contributed by atoms with Gasteiger partial charge in [0.25, 0.3) is 0 Å². The summed E-state index contributed by atoms with van der Waals surface area (Å²) in [6.45, 7) is 5.60. The highest BCUT2D eigenvalue weighted by molar-refractivity contribution is 8.00. The van der Waals surface area contributed by atoms with Gasteiger partial charge in [0, 0.05) is 27.9 Å². The first-order valence-corrected chi connectivity index (χ1v) is 11.8. The molecule has 0 unspecified atom stereocenters. The highest BCUT2D eigenvalue weighted by atomic mass is 32.2. The Balaban J connectivity index is 1.94. The smallest absolute Gasteiger partial charge is 0.303 e. The molecule has 0 radical (unpaired) electrons. The van der Waals surface area contributed by atoms with Gasteiger partial charge in [0.2, 0.25) is 5.91 Å². The first-order chi connectivity index (χ1) is 16.1. The zero-order valence-electron chi connectivity index (χ0n) is 19.7. The number of carbonyl (C=O) groups excluding carboxylic acids is 4. The Morgan fingerprint density at radius 3 is 2.09 bits per heavy atom. The summed E-state index contributed by atoms with van der Waals surface area (Å²) in [6, 6.07) is 7.86. The lowest BCUT2D eigenvalue weighted by Crippen LogP contribution is -2.63. The average molecular weight is 496 g/mol. The van der Waals surface area contributed by atoms with E-state index in [-0.39, 0.29) is 23.6 Å². The third-order valence-corrected chi connectivity index (χ3v) is 6.69. The van der Waals surface area contributed by atoms with Crippen molar-refractivity contribution in [3.63, 3.8) is 0 Å². The van der Waals surface area contributed by atoms with Crippen molar-refractivity contribution in [3.05, 3.63) is 35.4 Å². The third kappa shape index (κ3) is 6.08. The summed E-state index contributed by atoms with van der Waals surface area (Å²) in [5, 5.41) is -0.269. The summed E-state index contributed by atoms with van der Waals surface area (Å²) < 4.78 is 27.6. The van der Waals surface area contributed by atoms with Gasteiger partial charge in [-0.3, -0.25) is 19.2 Å². The Hall–Kier alpha value is -2.63. The number of benzene rings is 1. The fraction of sp³-hybridized carbons (Fsp3) is 0.565. The predicted molar refractivity (Wildman–Crippen MR) is 120 cm³/mol. The number of hydrogen-bond donors (Lipinski definition) is 0. The van der Waals surface area contributed by atoms with E-state index in [1.807, 2.05) is 31.2 Å². The monoisotopic (exact) mass is 495 g/mol. The van der Waals surface area contributed by atoms with Crippen molar-refractivity contribution in [2.45, 2.75) is 63.8 Å². The minimum atomic E-state index is -1.20. The maximum atomic E-state index is 12.8. The molecular formula is C23H29NO9S. The number of carbonyl (C=O) groups is 4. The van der Waals surface area contributed by atoms with Gasteiger partial charge in [0.05, 0.1) is 12.3 Å². The lowest BCUT2D eigenvalue weighted by atomic mass is 9.97. The molecule has 3 rings (SSSR count). The highest BCUT2D eigenvalue weighted by Gasteiger charge is 2.53. The van der Waals surface area contributed by atoms with Crippen LogP contribution in [0.15, 0.2) is 24.3 Å². The summed E-state index contributed by atoms with van der Waals surface area (Å²) >= 11 is 1.48. The topological polar surface area (TPSA) is 118 Å². The van der Waals surface area contributed by atoms with Gasteiger partial charge in [-0.2, -0.15) is 0 Å². The van der Waals surface area contributed by atoms with Gasteiger partial charge in [0.1, 0.15) is 11.5 Å². The SMILES string of the molecule is CO[C@H]1O[C@H](CN2C(=O)CS[C@H]2c2ccc(C)cc2)[C@@H](OC(C)=O)[C@H](OC(C)=O)[C@H]1OC(C)=O. The largest absolute Gasteiger partial charge is 0.456 e. The van der Waals surface area contributed by atoms with Crippen molar-refractivity contribution in [2.24, 2.45) is 0 Å². The van der Waals surface area contributed by atoms with E-state index in [1.54, 1.807) is 4.90 Å². The Labute approximate surface area is 202 Å². The number of esters is 3. The second-order valence-corrected chi connectivity index (χ2v) is 9.19. The number of rotatable bonds is 7. The van der Waals surface area contributed by atoms with E-state index in [0.29, 0.717) is 0 Å². The number of nitrogens with zero attached hydrogens (tertiary/aromatic N) is 1. The van der Waals surface area contributed by atoms with Crippen LogP contribution < -0.4 is 0 Å². The molecule has 0 aromatic heterocycles. The fourth-order valence-electron chi connectivity index (χ4n) is 4.04. The van der Waals surface area contributed by atoms with Gasteiger partial charge in [-0.05, 0) is 12.5 Å². The molecule has 34 heavy (non-hydrogen) atoms. The molecule has 0 bridgehead atoms. The van der Waals surface area contributed by atoms with E-state index in [0.717, 1.165) is 11.1 Å². The molecule has 0 saturated carbocycles. The van der Waals surface area contributed by atoms with E-state index >= 15 is 0 Å². The van der Waals surface area contributed by atoms with E-state index in [9.17, 15) is 19.2 Å². The molecule has 186 valence electrons. The van der Waals surface area contributed by atoms with Gasteiger partial charge >= 0.3 is 17.9 Å². The van der Waals surface area contributed by atoms with Gasteiger partial charge in [-0.25, -0.2) is 0 Å². The molecule has 2 fully saturated rings. The van der Waals surface area contributed by atoms with Crippen LogP contribution in [0, 0.1) is 6.92 Å². The van der Waals surface area contributed by atoms with Crippen molar-refractivity contribution in [1.82, 2.24) is 4.90 Å². The van der Waals surface area contributed by atoms with E-state index in [2.05, 4.69) is 0 Å². The van der Waals surface area contributed by atoms with Crippen molar-refractivity contribution >= 4 is 35.6 Å². The Morgan fingerprint density at radius 1 is 0.971 bits per heavy atom. The maximum Gasteiger partial charge on any atom is 0.303 e. The summed E-state index contributed by atoms with van der Waals surface area (Å²) in [7, 11) is 1.35. The van der Waals surface area contributed by atoms with Crippen molar-refractivity contribution in [3.8, 4) is 0 Å². The van der Waals surface area contributed by atoms with Crippen molar-refractivity contribution < 1.29 is 42.9 Å². The normalized spacial score (nSPS) is 29.0. The average Bonchev–Trinajstić information content (AvgIpc) is 3.11. The van der Waals surface area contributed by atoms with E-state index in [1.165, 1.54) is 39.6 Å². The number of methoxy groups -OCH3 is 1. The molecule has 0 N–H and O–H groups in total. The summed E-state index contributed by atoms with van der Waals surface area (Å²) in [6.07, 6.45) is -5.55. The second-order valence-electron chi connectivity index (χ2n) is 8.12. The van der Waals surface area contributed by atoms with Crippen LogP contribution in [0.25, 0.3) is 0 Å². The molecule has 1 aromatic carbocycles. The molecule has 1 amide bonds. The zero-order chi connectivity index (χ0) is 25.0. The first-order valence-electron chi connectivity index (χ1n) is 10.8. The van der Waals surface area contributed by atoms with Crippen LogP contribution in [0.2, 0.25) is 0 Å². The van der Waals surface area contributed by atoms with Gasteiger partial charge in [-0.1, -0.05) is 29.8 Å². The van der Waals surface area contributed by atoms with Crippen LogP contribution in [0.4, 0.5) is 0 Å². The highest BCUT2D eigenvalue weighted by Crippen LogP contribution is 2.40. The fourth-order valence-corrected chi connectivity index (χ4v) is 5.24. The molecule has 2 heterocycles. The molecule has 6 atom stereocenters. The Kier molecular flexibility index (Phi) is 8.56. The number of thioether (sulfide) groups is 1. The minimum absolute atomic E-state index is 0.0345. The number of hydrogen-bond acceptors (Lipinski definition) is 10. The summed E-state index contributed by atoms with van der Waals surface area (Å²) in [4.78, 5) is 50.0. The molecule has 2 aliphatic heterocycles. The van der Waals surface area contributed by atoms with Crippen LogP contribution in [-0.4, -0.2) is 78.8 Å². The minimum Gasteiger partial charge on any atom is -0.456 e. The first kappa shape index (κ1) is 26.0. The van der Waals surface area contributed by atoms with Crippen molar-refractivity contribution in [1.29, 1.82) is 0 Å². The molecule has 11 heteroatoms. The molecular weight excluding hydrogens is 466 g/mol. The molecule has 10 nitrogen and oxygen atoms in total. The van der Waals surface area contributed by atoms with Crippen LogP contribution in [0.5, 0.6) is 0 Å². The predicted octanol–water partition coefficient (Wildman–Crippen LogP) is 1.74. The molecule has 2 saturated heterocycles. The van der Waals surface area contributed by atoms with E-state index < -0.39 is 48.6 Å². The van der Waals surface area contributed by atoms with E-state index in [4.69, 9.17) is 23.7 Å². The number of ether oxygens (including phenoxy) is 5. The van der Waals surface area contributed by atoms with Gasteiger partial charge < -0.3 is 28.6 Å². The number of amides is 1. The van der Waals surface area contributed by atoms with Crippen molar-refractivity contribution in [2.75, 3.05) is 19.4 Å². The van der Waals surface area contributed by atoms with Gasteiger partial charge in [-0.15, -0.1) is 11.8 Å². The molecule has 0 spiro atoms. The quantitative estimate of drug-likeness (QED) is 0.409. The standard InChI is InChI=1S/C23H29NO9S/c1-12-6-8-16(9-7-12)22-24(18(28)11-34-22)10-17-19(30-13(2)25)20(31-14(3)26)21(32-15(4)27)23(29-5)33-17/h6-9,17,19-23H,10-11H2,1-5H3/t17-,19-,20+,21-,22+,23+/m1/s1.